The normalized spacial score (nSPS) is 11.8. The summed E-state index contributed by atoms with van der Waals surface area (Å²) in [7, 11) is 0. The van der Waals surface area contributed by atoms with Gasteiger partial charge in [-0.15, -0.1) is 0 Å². The fourth-order valence-electron chi connectivity index (χ4n) is 1.82. The quantitative estimate of drug-likeness (QED) is 0.796. The minimum absolute atomic E-state index is 0.324. The molecule has 0 saturated carbocycles. The molecule has 0 spiro atoms. The van der Waals surface area contributed by atoms with E-state index in [-0.39, 0.29) is 0 Å². The fraction of sp³-hybridized carbons (Fsp3) is 0.214. The van der Waals surface area contributed by atoms with E-state index in [2.05, 4.69) is 15.6 Å². The summed E-state index contributed by atoms with van der Waals surface area (Å²) in [6.45, 7) is 1.70. The lowest BCUT2D eigenvalue weighted by molar-refractivity contribution is -0.139. The van der Waals surface area contributed by atoms with Gasteiger partial charge in [0.1, 0.15) is 6.04 Å². The number of carbonyl (C=O) groups excluding carboxylic acids is 1. The molecule has 0 aliphatic carbocycles. The van der Waals surface area contributed by atoms with Gasteiger partial charge in [-0.05, 0) is 30.7 Å². The number of carbonyl (C=O) groups is 2. The molecular formula is C14H15N3O3. The average Bonchev–Trinajstić information content (AvgIpc) is 2.44. The Kier molecular flexibility index (Phi) is 4.14. The molecule has 0 radical (unpaired) electrons. The second-order valence-electron chi connectivity index (χ2n) is 4.31. The number of carboxylic acid groups (broad SMARTS) is 1. The zero-order chi connectivity index (χ0) is 14.5. The van der Waals surface area contributed by atoms with E-state index in [4.69, 9.17) is 5.11 Å². The van der Waals surface area contributed by atoms with Crippen LogP contribution in [0, 0.1) is 0 Å². The van der Waals surface area contributed by atoms with Crippen LogP contribution in [0.1, 0.15) is 13.3 Å². The van der Waals surface area contributed by atoms with E-state index < -0.39 is 18.0 Å². The van der Waals surface area contributed by atoms with Gasteiger partial charge in [0.25, 0.3) is 0 Å². The Bertz CT molecular complexity index is 642. The van der Waals surface area contributed by atoms with Crippen molar-refractivity contribution in [1.82, 2.24) is 10.3 Å². The number of urea groups is 1. The van der Waals surface area contributed by atoms with Crippen LogP contribution in [0.2, 0.25) is 0 Å². The molecule has 20 heavy (non-hydrogen) atoms. The van der Waals surface area contributed by atoms with Crippen LogP contribution in [0.25, 0.3) is 10.9 Å². The van der Waals surface area contributed by atoms with Gasteiger partial charge < -0.3 is 15.7 Å². The van der Waals surface area contributed by atoms with Gasteiger partial charge in [0.05, 0.1) is 5.52 Å². The van der Waals surface area contributed by atoms with Crippen molar-refractivity contribution < 1.29 is 14.7 Å². The Morgan fingerprint density at radius 1 is 1.35 bits per heavy atom. The van der Waals surface area contributed by atoms with Gasteiger partial charge in [0, 0.05) is 17.3 Å². The zero-order valence-corrected chi connectivity index (χ0v) is 11.0. The molecule has 2 rings (SSSR count). The summed E-state index contributed by atoms with van der Waals surface area (Å²) in [4.78, 5) is 26.7. The summed E-state index contributed by atoms with van der Waals surface area (Å²) in [5.41, 5.74) is 1.42. The molecule has 0 unspecified atom stereocenters. The van der Waals surface area contributed by atoms with Crippen molar-refractivity contribution in [3.05, 3.63) is 36.5 Å². The summed E-state index contributed by atoms with van der Waals surface area (Å²) in [5, 5.41) is 14.8. The lowest BCUT2D eigenvalue weighted by Crippen LogP contribution is -2.42. The molecular weight excluding hydrogens is 258 g/mol. The van der Waals surface area contributed by atoms with E-state index >= 15 is 0 Å². The number of nitrogens with one attached hydrogen (secondary N) is 2. The molecule has 6 nitrogen and oxygen atoms in total. The number of fused-ring (bicyclic) bond motifs is 1. The molecule has 0 bridgehead atoms. The van der Waals surface area contributed by atoms with Crippen molar-refractivity contribution in [2.24, 2.45) is 0 Å². The Morgan fingerprint density at radius 3 is 2.85 bits per heavy atom. The highest BCUT2D eigenvalue weighted by atomic mass is 16.4. The van der Waals surface area contributed by atoms with Crippen LogP contribution >= 0.6 is 0 Å². The SMILES string of the molecule is CC[C@H](NC(=O)Nc1ccc2ncccc2c1)C(=O)O. The molecule has 1 atom stereocenters. The predicted molar refractivity (Wildman–Crippen MR) is 75.6 cm³/mol. The molecule has 0 saturated heterocycles. The van der Waals surface area contributed by atoms with Crippen LogP contribution in [0.4, 0.5) is 10.5 Å². The predicted octanol–water partition coefficient (Wildman–Crippen LogP) is 2.22. The van der Waals surface area contributed by atoms with Gasteiger partial charge in [-0.3, -0.25) is 4.98 Å². The maximum absolute atomic E-state index is 11.7. The topological polar surface area (TPSA) is 91.3 Å². The number of benzene rings is 1. The molecule has 104 valence electrons. The number of nitrogens with zero attached hydrogens (tertiary/aromatic N) is 1. The van der Waals surface area contributed by atoms with Gasteiger partial charge in [-0.1, -0.05) is 13.0 Å². The van der Waals surface area contributed by atoms with Crippen LogP contribution in [-0.2, 0) is 4.79 Å². The summed E-state index contributed by atoms with van der Waals surface area (Å²) in [6, 6.07) is 7.56. The number of anilines is 1. The van der Waals surface area contributed by atoms with E-state index in [0.717, 1.165) is 10.9 Å². The molecule has 0 aliphatic rings. The Labute approximate surface area is 115 Å². The largest absolute Gasteiger partial charge is 0.480 e. The minimum atomic E-state index is -1.05. The third kappa shape index (κ3) is 3.23. The standard InChI is InChI=1S/C14H15N3O3/c1-2-11(13(18)19)17-14(20)16-10-5-6-12-9(8-10)4-3-7-15-12/h3-8,11H,2H2,1H3,(H,18,19)(H2,16,17,20)/t11-/m0/s1. The molecule has 1 aromatic carbocycles. The van der Waals surface area contributed by atoms with Crippen LogP contribution < -0.4 is 10.6 Å². The zero-order valence-electron chi connectivity index (χ0n) is 11.0. The highest BCUT2D eigenvalue weighted by Crippen LogP contribution is 2.16. The third-order valence-corrected chi connectivity index (χ3v) is 2.87. The number of rotatable bonds is 4. The molecule has 3 N–H and O–H groups in total. The van der Waals surface area contributed by atoms with E-state index in [1.54, 1.807) is 31.3 Å². The van der Waals surface area contributed by atoms with E-state index in [1.165, 1.54) is 0 Å². The van der Waals surface area contributed by atoms with Gasteiger partial charge in [0.15, 0.2) is 0 Å². The first-order valence-corrected chi connectivity index (χ1v) is 6.25. The lowest BCUT2D eigenvalue weighted by atomic mass is 10.2. The first-order chi connectivity index (χ1) is 9.60. The number of aromatic nitrogens is 1. The second-order valence-corrected chi connectivity index (χ2v) is 4.31. The van der Waals surface area contributed by atoms with Crippen molar-refractivity contribution in [1.29, 1.82) is 0 Å². The number of carboxylic acids is 1. The van der Waals surface area contributed by atoms with Gasteiger partial charge in [0.2, 0.25) is 0 Å². The molecule has 0 fully saturated rings. The van der Waals surface area contributed by atoms with Gasteiger partial charge >= 0.3 is 12.0 Å². The number of aliphatic carboxylic acids is 1. The van der Waals surface area contributed by atoms with Crippen molar-refractivity contribution in [3.8, 4) is 0 Å². The number of pyridine rings is 1. The molecule has 0 aliphatic heterocycles. The summed E-state index contributed by atoms with van der Waals surface area (Å²) in [5.74, 6) is -1.05. The van der Waals surface area contributed by atoms with Crippen LogP contribution in [0.15, 0.2) is 36.5 Å². The van der Waals surface area contributed by atoms with Gasteiger partial charge in [-0.2, -0.15) is 0 Å². The Balaban J connectivity index is 2.07. The summed E-state index contributed by atoms with van der Waals surface area (Å²) < 4.78 is 0. The average molecular weight is 273 g/mol. The van der Waals surface area contributed by atoms with E-state index in [0.29, 0.717) is 12.1 Å². The lowest BCUT2D eigenvalue weighted by Gasteiger charge is -2.13. The van der Waals surface area contributed by atoms with Crippen LogP contribution in [-0.4, -0.2) is 28.1 Å². The molecule has 6 heteroatoms. The summed E-state index contributed by atoms with van der Waals surface area (Å²) >= 11 is 0. The number of hydrogen-bond donors (Lipinski definition) is 3. The first kappa shape index (κ1) is 13.8. The first-order valence-electron chi connectivity index (χ1n) is 6.25. The van der Waals surface area contributed by atoms with E-state index in [9.17, 15) is 9.59 Å². The van der Waals surface area contributed by atoms with Gasteiger partial charge in [-0.25, -0.2) is 9.59 Å². The Hall–Kier alpha value is -2.63. The molecule has 1 heterocycles. The third-order valence-electron chi connectivity index (χ3n) is 2.87. The monoisotopic (exact) mass is 273 g/mol. The highest BCUT2D eigenvalue weighted by molar-refractivity contribution is 5.94. The number of hydrogen-bond acceptors (Lipinski definition) is 3. The maximum atomic E-state index is 11.7. The minimum Gasteiger partial charge on any atom is -0.480 e. The summed E-state index contributed by atoms with van der Waals surface area (Å²) in [6.07, 6.45) is 2.02. The van der Waals surface area contributed by atoms with E-state index in [1.807, 2.05) is 12.1 Å². The highest BCUT2D eigenvalue weighted by Gasteiger charge is 2.17. The molecule has 1 aromatic heterocycles. The van der Waals surface area contributed by atoms with Crippen molar-refractivity contribution in [3.63, 3.8) is 0 Å². The van der Waals surface area contributed by atoms with Crippen molar-refractivity contribution >= 4 is 28.6 Å². The fourth-order valence-corrected chi connectivity index (χ4v) is 1.82. The Morgan fingerprint density at radius 2 is 2.15 bits per heavy atom. The van der Waals surface area contributed by atoms with Crippen LogP contribution in [0.3, 0.4) is 0 Å². The molecule has 2 amide bonds. The van der Waals surface area contributed by atoms with Crippen LogP contribution in [0.5, 0.6) is 0 Å². The number of amides is 2. The maximum Gasteiger partial charge on any atom is 0.326 e. The van der Waals surface area contributed by atoms with Crippen molar-refractivity contribution in [2.45, 2.75) is 19.4 Å². The molecule has 2 aromatic rings. The smallest absolute Gasteiger partial charge is 0.326 e. The second kappa shape index (κ2) is 6.01. The van der Waals surface area contributed by atoms with Crippen molar-refractivity contribution in [2.75, 3.05) is 5.32 Å².